The molecule has 28 heavy (non-hydrogen) atoms. The summed E-state index contributed by atoms with van der Waals surface area (Å²) >= 11 is 1.54. The first kappa shape index (κ1) is 24.7. The van der Waals surface area contributed by atoms with Crippen LogP contribution in [-0.4, -0.2) is 30.5 Å². The van der Waals surface area contributed by atoms with E-state index < -0.39 is 0 Å². The van der Waals surface area contributed by atoms with Crippen LogP contribution in [0.3, 0.4) is 0 Å². The average Bonchev–Trinajstić information content (AvgIpc) is 3.09. The molecule has 1 aliphatic heterocycles. The summed E-state index contributed by atoms with van der Waals surface area (Å²) in [5.74, 6) is 1.57. The van der Waals surface area contributed by atoms with Crippen molar-refractivity contribution in [2.75, 3.05) is 19.6 Å². The van der Waals surface area contributed by atoms with Crippen molar-refractivity contribution < 1.29 is 9.53 Å². The molecule has 8 heteroatoms. The summed E-state index contributed by atoms with van der Waals surface area (Å²) in [4.78, 5) is 16.6. The number of carbonyl (C=O) groups is 1. The van der Waals surface area contributed by atoms with E-state index in [0.29, 0.717) is 18.9 Å². The third-order valence-electron chi connectivity index (χ3n) is 4.60. The Hall–Kier alpha value is -1.34. The number of amides is 1. The van der Waals surface area contributed by atoms with E-state index in [4.69, 9.17) is 4.74 Å². The van der Waals surface area contributed by atoms with Crippen molar-refractivity contribution >= 4 is 42.1 Å². The van der Waals surface area contributed by atoms with Crippen molar-refractivity contribution in [1.29, 1.82) is 0 Å². The maximum atomic E-state index is 12.1. The van der Waals surface area contributed by atoms with Gasteiger partial charge in [-0.15, -0.1) is 36.2 Å². The molecule has 1 atom stereocenters. The highest BCUT2D eigenvalue weighted by atomic mass is 35.5. The number of halogens is 2. The van der Waals surface area contributed by atoms with Crippen molar-refractivity contribution in [2.45, 2.75) is 39.2 Å². The van der Waals surface area contributed by atoms with Gasteiger partial charge in [0.2, 0.25) is 5.91 Å². The molecule has 5 nitrogen and oxygen atoms in total. The van der Waals surface area contributed by atoms with Crippen molar-refractivity contribution in [3.63, 3.8) is 0 Å². The summed E-state index contributed by atoms with van der Waals surface area (Å²) in [6, 6.07) is 7.96. The van der Waals surface area contributed by atoms with Gasteiger partial charge in [0, 0.05) is 11.9 Å². The standard InChI is InChI=1S/C20H27N3O2S.2ClH/c1-15-4-6-18(7-5-15)25-13-20-23-17(14-26-20)11-19(24)22-10-8-16-3-2-9-21-12-16;;/h4-7,14,16,21H,2-3,8-13H2,1H3,(H,22,24);2*1H. The Bertz CT molecular complexity index is 704. The number of thiazole rings is 1. The number of hydrogen-bond acceptors (Lipinski definition) is 5. The van der Waals surface area contributed by atoms with Gasteiger partial charge in [-0.25, -0.2) is 4.98 Å². The Kier molecular flexibility index (Phi) is 11.5. The highest BCUT2D eigenvalue weighted by Gasteiger charge is 2.13. The SMILES string of the molecule is Cc1ccc(OCc2nc(CC(=O)NCCC3CCCNC3)cs2)cc1.Cl.Cl. The van der Waals surface area contributed by atoms with Crippen LogP contribution in [0.2, 0.25) is 0 Å². The van der Waals surface area contributed by atoms with Gasteiger partial charge in [0.05, 0.1) is 12.1 Å². The van der Waals surface area contributed by atoms with Crippen molar-refractivity contribution in [2.24, 2.45) is 5.92 Å². The zero-order chi connectivity index (χ0) is 18.2. The molecule has 1 fully saturated rings. The number of nitrogens with zero attached hydrogens (tertiary/aromatic N) is 1. The van der Waals surface area contributed by atoms with E-state index in [1.54, 1.807) is 0 Å². The molecule has 1 aromatic carbocycles. The molecule has 1 unspecified atom stereocenters. The Morgan fingerprint density at radius 3 is 2.82 bits per heavy atom. The summed E-state index contributed by atoms with van der Waals surface area (Å²) < 4.78 is 5.74. The lowest BCUT2D eigenvalue weighted by molar-refractivity contribution is -0.120. The molecule has 2 heterocycles. The summed E-state index contributed by atoms with van der Waals surface area (Å²) in [5.41, 5.74) is 2.02. The molecule has 3 rings (SSSR count). The van der Waals surface area contributed by atoms with Crippen LogP contribution in [0.4, 0.5) is 0 Å². The molecule has 0 bridgehead atoms. The van der Waals surface area contributed by atoms with E-state index in [1.165, 1.54) is 29.7 Å². The van der Waals surface area contributed by atoms with Crippen LogP contribution >= 0.6 is 36.2 Å². The molecule has 1 saturated heterocycles. The van der Waals surface area contributed by atoms with Crippen LogP contribution in [0.5, 0.6) is 5.75 Å². The molecular formula is C20H29Cl2N3O2S. The van der Waals surface area contributed by atoms with Crippen LogP contribution in [0, 0.1) is 12.8 Å². The number of ether oxygens (including phenoxy) is 1. The van der Waals surface area contributed by atoms with Crippen LogP contribution in [0.1, 0.15) is 35.5 Å². The molecule has 1 aliphatic rings. The highest BCUT2D eigenvalue weighted by molar-refractivity contribution is 7.09. The van der Waals surface area contributed by atoms with Gasteiger partial charge in [-0.3, -0.25) is 4.79 Å². The number of hydrogen-bond donors (Lipinski definition) is 2. The van der Waals surface area contributed by atoms with Crippen LogP contribution in [0.25, 0.3) is 0 Å². The zero-order valence-electron chi connectivity index (χ0n) is 16.1. The fourth-order valence-electron chi connectivity index (χ4n) is 3.09. The third kappa shape index (κ3) is 8.35. The molecule has 0 spiro atoms. The minimum atomic E-state index is 0. The number of rotatable bonds is 8. The highest BCUT2D eigenvalue weighted by Crippen LogP contribution is 2.16. The Morgan fingerprint density at radius 1 is 1.32 bits per heavy atom. The van der Waals surface area contributed by atoms with Gasteiger partial charge < -0.3 is 15.4 Å². The smallest absolute Gasteiger partial charge is 0.226 e. The summed E-state index contributed by atoms with van der Waals surface area (Å²) in [5, 5.41) is 9.26. The monoisotopic (exact) mass is 445 g/mol. The van der Waals surface area contributed by atoms with E-state index in [1.807, 2.05) is 36.6 Å². The Balaban J connectivity index is 0.00000196. The van der Waals surface area contributed by atoms with Crippen LogP contribution < -0.4 is 15.4 Å². The molecule has 0 aliphatic carbocycles. The molecule has 2 aromatic rings. The van der Waals surface area contributed by atoms with Crippen molar-refractivity contribution in [3.8, 4) is 5.75 Å². The number of aromatic nitrogens is 1. The van der Waals surface area contributed by atoms with Crippen LogP contribution in [-0.2, 0) is 17.8 Å². The lowest BCUT2D eigenvalue weighted by atomic mass is 9.96. The number of aryl methyl sites for hydroxylation is 1. The first-order valence-corrected chi connectivity index (χ1v) is 10.2. The fourth-order valence-corrected chi connectivity index (χ4v) is 3.79. The minimum Gasteiger partial charge on any atom is -0.486 e. The van der Waals surface area contributed by atoms with Gasteiger partial charge in [0.25, 0.3) is 0 Å². The predicted octanol–water partition coefficient (Wildman–Crippen LogP) is 3.92. The van der Waals surface area contributed by atoms with Gasteiger partial charge >= 0.3 is 0 Å². The average molecular weight is 446 g/mol. The van der Waals surface area contributed by atoms with E-state index >= 15 is 0 Å². The quantitative estimate of drug-likeness (QED) is 0.645. The van der Waals surface area contributed by atoms with Crippen LogP contribution in [0.15, 0.2) is 29.6 Å². The number of benzene rings is 1. The second kappa shape index (κ2) is 13.0. The van der Waals surface area contributed by atoms with Gasteiger partial charge in [0.15, 0.2) is 0 Å². The zero-order valence-corrected chi connectivity index (χ0v) is 18.6. The molecule has 1 aromatic heterocycles. The number of piperidine rings is 1. The van der Waals surface area contributed by atoms with E-state index in [9.17, 15) is 4.79 Å². The lowest BCUT2D eigenvalue weighted by Crippen LogP contribution is -2.33. The summed E-state index contributed by atoms with van der Waals surface area (Å²) in [6.45, 7) is 5.44. The summed E-state index contributed by atoms with van der Waals surface area (Å²) in [7, 11) is 0. The number of carbonyl (C=O) groups excluding carboxylic acids is 1. The van der Waals surface area contributed by atoms with Crippen molar-refractivity contribution in [1.82, 2.24) is 15.6 Å². The topological polar surface area (TPSA) is 63.2 Å². The largest absolute Gasteiger partial charge is 0.486 e. The Morgan fingerprint density at radius 2 is 2.11 bits per heavy atom. The van der Waals surface area contributed by atoms with Gasteiger partial charge in [-0.05, 0) is 57.3 Å². The molecule has 156 valence electrons. The van der Waals surface area contributed by atoms with Gasteiger partial charge in [0.1, 0.15) is 17.4 Å². The van der Waals surface area contributed by atoms with Gasteiger partial charge in [-0.2, -0.15) is 0 Å². The van der Waals surface area contributed by atoms with E-state index in [0.717, 1.165) is 42.5 Å². The number of nitrogens with one attached hydrogen (secondary N) is 2. The first-order valence-electron chi connectivity index (χ1n) is 9.29. The molecular weight excluding hydrogens is 417 g/mol. The third-order valence-corrected chi connectivity index (χ3v) is 5.47. The minimum absolute atomic E-state index is 0. The Labute approximate surface area is 183 Å². The van der Waals surface area contributed by atoms with Gasteiger partial charge in [-0.1, -0.05) is 17.7 Å². The maximum absolute atomic E-state index is 12.1. The molecule has 0 radical (unpaired) electrons. The lowest BCUT2D eigenvalue weighted by Gasteiger charge is -2.22. The van der Waals surface area contributed by atoms with E-state index in [2.05, 4.69) is 15.6 Å². The first-order chi connectivity index (χ1) is 12.7. The van der Waals surface area contributed by atoms with Crippen molar-refractivity contribution in [3.05, 3.63) is 45.9 Å². The van der Waals surface area contributed by atoms with E-state index in [-0.39, 0.29) is 30.7 Å². The fraction of sp³-hybridized carbons (Fsp3) is 0.500. The molecule has 0 saturated carbocycles. The molecule has 1 amide bonds. The normalized spacial score (nSPS) is 15.8. The summed E-state index contributed by atoms with van der Waals surface area (Å²) in [6.07, 6.45) is 3.89. The maximum Gasteiger partial charge on any atom is 0.226 e. The molecule has 2 N–H and O–H groups in total. The second-order valence-electron chi connectivity index (χ2n) is 6.86. The predicted molar refractivity (Wildman–Crippen MR) is 119 cm³/mol. The second-order valence-corrected chi connectivity index (χ2v) is 7.80.